The zero-order chi connectivity index (χ0) is 26.3. The molecule has 2 aromatic rings. The summed E-state index contributed by atoms with van der Waals surface area (Å²) in [5, 5.41) is 2.34. The van der Waals surface area contributed by atoms with Crippen molar-refractivity contribution in [3.05, 3.63) is 47.4 Å². The molecule has 1 saturated heterocycles. The lowest BCUT2D eigenvalue weighted by atomic mass is 9.77. The first-order valence-corrected chi connectivity index (χ1v) is 10.0. The number of ether oxygens (including phenoxy) is 2. The maximum atomic E-state index is 14.0. The maximum absolute atomic E-state index is 14.0. The number of nitrogens with one attached hydrogen (secondary N) is 1. The first-order chi connectivity index (χ1) is 16.1. The van der Waals surface area contributed by atoms with Gasteiger partial charge in [0, 0.05) is 29.3 Å². The Morgan fingerprint density at radius 1 is 1.17 bits per heavy atom. The zero-order valence-corrected chi connectivity index (χ0v) is 18.5. The Kier molecular flexibility index (Phi) is 6.72. The van der Waals surface area contributed by atoms with E-state index in [0.29, 0.717) is 6.07 Å². The molecular weight excluding hydrogens is 486 g/mol. The van der Waals surface area contributed by atoms with Crippen LogP contribution < -0.4 is 15.8 Å². The molecule has 8 nitrogen and oxygen atoms in total. The average Bonchev–Trinajstić information content (AvgIpc) is 3.04. The van der Waals surface area contributed by atoms with Crippen LogP contribution in [0.3, 0.4) is 0 Å². The first-order valence-electron chi connectivity index (χ1n) is 10.0. The van der Waals surface area contributed by atoms with Gasteiger partial charge in [0.15, 0.2) is 5.60 Å². The van der Waals surface area contributed by atoms with Crippen molar-refractivity contribution in [1.82, 2.24) is 9.97 Å². The van der Waals surface area contributed by atoms with E-state index in [1.807, 2.05) is 0 Å². The van der Waals surface area contributed by atoms with Gasteiger partial charge in [0.05, 0.1) is 7.11 Å². The third kappa shape index (κ3) is 4.88. The molecule has 0 bridgehead atoms. The van der Waals surface area contributed by atoms with Crippen LogP contribution in [0.4, 0.5) is 32.0 Å². The van der Waals surface area contributed by atoms with Gasteiger partial charge in [0.25, 0.3) is 11.8 Å². The smallest absolute Gasteiger partial charge is 0.433 e. The summed E-state index contributed by atoms with van der Waals surface area (Å²) in [5.41, 5.74) is 0.602. The number of rotatable bonds is 5. The van der Waals surface area contributed by atoms with Crippen molar-refractivity contribution in [2.24, 2.45) is 11.7 Å². The molecule has 0 radical (unpaired) electrons. The van der Waals surface area contributed by atoms with E-state index in [4.69, 9.17) is 15.2 Å². The number of alkyl halides is 6. The highest BCUT2D eigenvalue weighted by Crippen LogP contribution is 2.54. The molecule has 0 aliphatic carbocycles. The zero-order valence-electron chi connectivity index (χ0n) is 18.5. The normalized spacial score (nSPS) is 24.8. The van der Waals surface area contributed by atoms with E-state index >= 15 is 0 Å². The van der Waals surface area contributed by atoms with Gasteiger partial charge in [-0.1, -0.05) is 13.0 Å². The van der Waals surface area contributed by atoms with Crippen LogP contribution in [0.15, 0.2) is 30.5 Å². The van der Waals surface area contributed by atoms with E-state index in [-0.39, 0.29) is 16.9 Å². The van der Waals surface area contributed by atoms with Crippen LogP contribution in [0, 0.1) is 5.92 Å². The minimum absolute atomic E-state index is 0.00748. The fourth-order valence-corrected chi connectivity index (χ4v) is 3.91. The quantitative estimate of drug-likeness (QED) is 0.598. The second-order valence-corrected chi connectivity index (χ2v) is 8.03. The van der Waals surface area contributed by atoms with Crippen LogP contribution in [0.2, 0.25) is 0 Å². The molecule has 4 atom stereocenters. The summed E-state index contributed by atoms with van der Waals surface area (Å²) in [4.78, 5) is 31.5. The van der Waals surface area contributed by atoms with Crippen molar-refractivity contribution in [3.63, 3.8) is 0 Å². The lowest BCUT2D eigenvalue weighted by Crippen LogP contribution is -2.47. The molecule has 0 aromatic carbocycles. The summed E-state index contributed by atoms with van der Waals surface area (Å²) in [5.74, 6) is -5.38. The number of nitrogens with zero attached hydrogens (tertiary/aromatic N) is 2. The van der Waals surface area contributed by atoms with Gasteiger partial charge in [0.2, 0.25) is 5.88 Å². The van der Waals surface area contributed by atoms with E-state index in [1.165, 1.54) is 13.0 Å². The van der Waals surface area contributed by atoms with E-state index in [9.17, 15) is 35.9 Å². The second kappa shape index (κ2) is 8.98. The van der Waals surface area contributed by atoms with Crippen LogP contribution in [0.5, 0.6) is 5.88 Å². The van der Waals surface area contributed by atoms with Gasteiger partial charge in [-0.2, -0.15) is 26.3 Å². The number of amides is 2. The van der Waals surface area contributed by atoms with Gasteiger partial charge in [-0.3, -0.25) is 14.6 Å². The van der Waals surface area contributed by atoms with Crippen molar-refractivity contribution in [3.8, 4) is 5.88 Å². The number of primary amides is 1. The first kappa shape index (κ1) is 26.2. The lowest BCUT2D eigenvalue weighted by Gasteiger charge is -2.31. The standard InChI is InChI=1S/C21H20F6N4O4/c1-9-14(11-4-5-13(20(22,23)24)31-18(11)34-3)15(35-19(9,2)21(25,26)27)17(33)30-10-6-7-29-12(8-10)16(28)32/h4-9,14-15H,1-3H3,(H2,28,32)(H,29,30,33)/t9-,14+,15-,19+/m1/s1. The minimum Gasteiger partial charge on any atom is -0.481 e. The lowest BCUT2D eigenvalue weighted by molar-refractivity contribution is -0.272. The van der Waals surface area contributed by atoms with Crippen molar-refractivity contribution >= 4 is 17.5 Å². The SMILES string of the molecule is COc1nc(C(F)(F)F)ccc1[C@@H]1[C@@H](C)[C@@](C)(C(F)(F)F)O[C@H]1C(=O)Nc1ccnc(C(N)=O)c1. The van der Waals surface area contributed by atoms with Crippen LogP contribution >= 0.6 is 0 Å². The van der Waals surface area contributed by atoms with Crippen molar-refractivity contribution < 1.29 is 45.4 Å². The third-order valence-corrected chi connectivity index (χ3v) is 5.94. The Bertz CT molecular complexity index is 1140. The van der Waals surface area contributed by atoms with Gasteiger partial charge in [-0.15, -0.1) is 0 Å². The predicted molar refractivity (Wildman–Crippen MR) is 108 cm³/mol. The van der Waals surface area contributed by atoms with Crippen LogP contribution in [0.25, 0.3) is 0 Å². The van der Waals surface area contributed by atoms with Crippen molar-refractivity contribution in [2.45, 2.75) is 43.8 Å². The molecule has 0 spiro atoms. The highest BCUT2D eigenvalue weighted by atomic mass is 19.4. The van der Waals surface area contributed by atoms with Crippen LogP contribution in [-0.4, -0.2) is 46.8 Å². The fourth-order valence-electron chi connectivity index (χ4n) is 3.91. The monoisotopic (exact) mass is 506 g/mol. The van der Waals surface area contributed by atoms with E-state index < -0.39 is 59.3 Å². The summed E-state index contributed by atoms with van der Waals surface area (Å²) < 4.78 is 91.5. The number of aromatic nitrogens is 2. The summed E-state index contributed by atoms with van der Waals surface area (Å²) in [7, 11) is 1.01. The van der Waals surface area contributed by atoms with Crippen LogP contribution in [-0.2, 0) is 15.7 Å². The number of carbonyl (C=O) groups excluding carboxylic acids is 2. The van der Waals surface area contributed by atoms with E-state index in [0.717, 1.165) is 32.4 Å². The third-order valence-electron chi connectivity index (χ3n) is 5.94. The van der Waals surface area contributed by atoms with E-state index in [1.54, 1.807) is 0 Å². The van der Waals surface area contributed by atoms with Gasteiger partial charge in [-0.25, -0.2) is 4.98 Å². The minimum atomic E-state index is -4.93. The molecule has 3 rings (SSSR count). The molecule has 1 aliphatic rings. The summed E-state index contributed by atoms with van der Waals surface area (Å²) in [6.07, 6.45) is -10.4. The van der Waals surface area contributed by atoms with Gasteiger partial charge >= 0.3 is 12.4 Å². The summed E-state index contributed by atoms with van der Waals surface area (Å²) in [6.45, 7) is 1.92. The Morgan fingerprint density at radius 2 is 1.83 bits per heavy atom. The molecule has 0 saturated carbocycles. The van der Waals surface area contributed by atoms with Crippen LogP contribution in [0.1, 0.15) is 41.5 Å². The largest absolute Gasteiger partial charge is 0.481 e. The number of carbonyl (C=O) groups is 2. The number of pyridine rings is 2. The highest BCUT2D eigenvalue weighted by molar-refractivity contribution is 5.97. The number of methoxy groups -OCH3 is 1. The number of nitrogens with two attached hydrogens (primary N) is 1. The molecule has 2 amide bonds. The van der Waals surface area contributed by atoms with Gasteiger partial charge in [-0.05, 0) is 25.1 Å². The topological polar surface area (TPSA) is 116 Å². The molecule has 0 unspecified atom stereocenters. The van der Waals surface area contributed by atoms with E-state index in [2.05, 4.69) is 15.3 Å². The maximum Gasteiger partial charge on any atom is 0.433 e. The summed E-state index contributed by atoms with van der Waals surface area (Å²) in [6, 6.07) is 3.88. The molecule has 2 aromatic heterocycles. The molecule has 1 aliphatic heterocycles. The van der Waals surface area contributed by atoms with Crippen molar-refractivity contribution in [2.75, 3.05) is 12.4 Å². The molecule has 3 N–H and O–H groups in total. The van der Waals surface area contributed by atoms with Gasteiger partial charge in [0.1, 0.15) is 17.5 Å². The number of hydrogen-bond donors (Lipinski definition) is 2. The molecule has 1 fully saturated rings. The van der Waals surface area contributed by atoms with Gasteiger partial charge < -0.3 is 20.5 Å². The Balaban J connectivity index is 2.07. The Morgan fingerprint density at radius 3 is 2.37 bits per heavy atom. The summed E-state index contributed by atoms with van der Waals surface area (Å²) >= 11 is 0. The average molecular weight is 506 g/mol. The Labute approximate surface area is 194 Å². The molecular formula is C21H20F6N4O4. The molecule has 190 valence electrons. The second-order valence-electron chi connectivity index (χ2n) is 8.03. The number of halogens is 6. The Hall–Kier alpha value is -3.42. The highest BCUT2D eigenvalue weighted by Gasteiger charge is 2.66. The van der Waals surface area contributed by atoms with Crippen molar-refractivity contribution in [1.29, 1.82) is 0 Å². The number of hydrogen-bond acceptors (Lipinski definition) is 6. The fraction of sp³-hybridized carbons (Fsp3) is 0.429. The predicted octanol–water partition coefficient (Wildman–Crippen LogP) is 3.68. The number of anilines is 1. The molecule has 3 heterocycles. The molecule has 14 heteroatoms. The molecule has 35 heavy (non-hydrogen) atoms.